The van der Waals surface area contributed by atoms with Crippen LogP contribution in [0.1, 0.15) is 245 Å². The predicted molar refractivity (Wildman–Crippen MR) is 218 cm³/mol. The molecule has 5 nitrogen and oxygen atoms in total. The van der Waals surface area contributed by atoms with Gasteiger partial charge in [0.2, 0.25) is 5.91 Å². The summed E-state index contributed by atoms with van der Waals surface area (Å²) >= 11 is 0. The van der Waals surface area contributed by atoms with E-state index < -0.39 is 18.2 Å². The Morgan fingerprint density at radius 1 is 0.500 bits per heavy atom. The lowest BCUT2D eigenvalue weighted by Crippen LogP contribution is -2.45. The zero-order valence-electron chi connectivity index (χ0n) is 33.8. The van der Waals surface area contributed by atoms with E-state index in [4.69, 9.17) is 0 Å². The molecule has 0 aliphatic heterocycles. The maximum Gasteiger partial charge on any atom is 0.222 e. The minimum Gasteiger partial charge on any atom is -0.394 e. The molecular formula is C45H89NO4. The molecule has 4 N–H and O–H groups in total. The van der Waals surface area contributed by atoms with E-state index >= 15 is 0 Å². The highest BCUT2D eigenvalue weighted by Gasteiger charge is 2.20. The van der Waals surface area contributed by atoms with E-state index in [1.54, 1.807) is 6.08 Å². The Kier molecular flexibility index (Phi) is 40.1. The van der Waals surface area contributed by atoms with Gasteiger partial charge in [0.05, 0.1) is 31.3 Å². The molecule has 50 heavy (non-hydrogen) atoms. The number of carbonyl (C=O) groups excluding carboxylic acids is 1. The number of allylic oxidation sites excluding steroid dienone is 1. The SMILES string of the molecule is CCCCCCCCCCCCCCCCCCCCCC/C=C/C(O)C(CO)NC(=O)CC(O)CCCCCCCCCCCCCCC. The number of hydrogen-bond acceptors (Lipinski definition) is 4. The summed E-state index contributed by atoms with van der Waals surface area (Å²) in [6.07, 6.45) is 47.9. The molecule has 0 saturated heterocycles. The van der Waals surface area contributed by atoms with Crippen molar-refractivity contribution in [1.29, 1.82) is 0 Å². The molecule has 0 aromatic carbocycles. The van der Waals surface area contributed by atoms with Gasteiger partial charge in [-0.3, -0.25) is 4.79 Å². The number of aliphatic hydroxyl groups excluding tert-OH is 3. The van der Waals surface area contributed by atoms with Crippen molar-refractivity contribution in [2.24, 2.45) is 0 Å². The van der Waals surface area contributed by atoms with Gasteiger partial charge >= 0.3 is 0 Å². The molecule has 0 bridgehead atoms. The Morgan fingerprint density at radius 2 is 0.820 bits per heavy atom. The van der Waals surface area contributed by atoms with Gasteiger partial charge < -0.3 is 20.6 Å². The van der Waals surface area contributed by atoms with Gasteiger partial charge in [0.15, 0.2) is 0 Å². The van der Waals surface area contributed by atoms with Gasteiger partial charge in [-0.25, -0.2) is 0 Å². The summed E-state index contributed by atoms with van der Waals surface area (Å²) < 4.78 is 0. The van der Waals surface area contributed by atoms with Crippen LogP contribution in [0.5, 0.6) is 0 Å². The first-order valence-corrected chi connectivity index (χ1v) is 22.5. The van der Waals surface area contributed by atoms with Crippen LogP contribution in [0.25, 0.3) is 0 Å². The van der Waals surface area contributed by atoms with E-state index in [1.165, 1.54) is 193 Å². The number of aliphatic hydroxyl groups is 3. The lowest BCUT2D eigenvalue weighted by atomic mass is 10.0. The summed E-state index contributed by atoms with van der Waals surface area (Å²) in [7, 11) is 0. The molecule has 0 fully saturated rings. The number of carbonyl (C=O) groups is 1. The number of unbranched alkanes of at least 4 members (excludes halogenated alkanes) is 32. The van der Waals surface area contributed by atoms with Crippen LogP contribution in [0.2, 0.25) is 0 Å². The maximum absolute atomic E-state index is 12.4. The fraction of sp³-hybridized carbons (Fsp3) is 0.933. The van der Waals surface area contributed by atoms with E-state index in [-0.39, 0.29) is 18.9 Å². The van der Waals surface area contributed by atoms with Crippen molar-refractivity contribution in [2.45, 2.75) is 263 Å². The van der Waals surface area contributed by atoms with Crippen molar-refractivity contribution in [3.63, 3.8) is 0 Å². The molecule has 0 spiro atoms. The molecule has 3 unspecified atom stereocenters. The first kappa shape index (κ1) is 49.1. The topological polar surface area (TPSA) is 89.8 Å². The highest BCUT2D eigenvalue weighted by Crippen LogP contribution is 2.16. The molecule has 1 amide bonds. The fourth-order valence-corrected chi connectivity index (χ4v) is 7.11. The molecule has 0 rings (SSSR count). The van der Waals surface area contributed by atoms with Gasteiger partial charge in [-0.2, -0.15) is 0 Å². The zero-order valence-corrected chi connectivity index (χ0v) is 33.8. The molecule has 0 aromatic heterocycles. The van der Waals surface area contributed by atoms with Gasteiger partial charge in [-0.15, -0.1) is 0 Å². The van der Waals surface area contributed by atoms with Crippen LogP contribution >= 0.6 is 0 Å². The van der Waals surface area contributed by atoms with E-state index in [2.05, 4.69) is 19.2 Å². The largest absolute Gasteiger partial charge is 0.394 e. The van der Waals surface area contributed by atoms with Crippen LogP contribution in [0.3, 0.4) is 0 Å². The molecule has 0 heterocycles. The number of nitrogens with one attached hydrogen (secondary N) is 1. The Morgan fingerprint density at radius 3 is 1.16 bits per heavy atom. The molecule has 0 radical (unpaired) electrons. The third kappa shape index (κ3) is 36.9. The Bertz CT molecular complexity index is 699. The molecule has 3 atom stereocenters. The average Bonchev–Trinajstić information content (AvgIpc) is 3.11. The minimum absolute atomic E-state index is 0.0184. The lowest BCUT2D eigenvalue weighted by molar-refractivity contribution is -0.124. The van der Waals surface area contributed by atoms with Crippen molar-refractivity contribution < 1.29 is 20.1 Å². The van der Waals surface area contributed by atoms with Gasteiger partial charge in [-0.05, 0) is 19.3 Å². The standard InChI is InChI=1S/C45H89NO4/c1-3-5-7-9-11-13-15-17-18-19-20-21-22-23-24-25-27-29-31-33-35-37-39-44(49)43(41-47)46-45(50)40-42(48)38-36-34-32-30-28-26-16-14-12-10-8-6-4-2/h37,39,42-44,47-49H,3-36,38,40-41H2,1-2H3,(H,46,50)/b39-37+. The normalized spacial score (nSPS) is 13.6. The first-order valence-electron chi connectivity index (χ1n) is 22.5. The van der Waals surface area contributed by atoms with Crippen molar-refractivity contribution in [3.05, 3.63) is 12.2 Å². The Labute approximate surface area is 312 Å². The summed E-state index contributed by atoms with van der Waals surface area (Å²) in [4.78, 5) is 12.4. The second-order valence-electron chi connectivity index (χ2n) is 15.7. The second-order valence-corrected chi connectivity index (χ2v) is 15.7. The summed E-state index contributed by atoms with van der Waals surface area (Å²) in [5.74, 6) is -0.312. The molecule has 0 aliphatic rings. The summed E-state index contributed by atoms with van der Waals surface area (Å²) in [6.45, 7) is 4.22. The molecule has 5 heteroatoms. The monoisotopic (exact) mass is 708 g/mol. The predicted octanol–water partition coefficient (Wildman–Crippen LogP) is 12.8. The number of hydrogen-bond donors (Lipinski definition) is 4. The van der Waals surface area contributed by atoms with Gasteiger partial charge in [-0.1, -0.05) is 231 Å². The molecule has 0 aromatic rings. The first-order chi connectivity index (χ1) is 24.5. The summed E-state index contributed by atoms with van der Waals surface area (Å²) in [5.41, 5.74) is 0. The maximum atomic E-state index is 12.4. The van der Waals surface area contributed by atoms with Gasteiger partial charge in [0.25, 0.3) is 0 Å². The van der Waals surface area contributed by atoms with Crippen LogP contribution in [-0.4, -0.2) is 46.1 Å². The van der Waals surface area contributed by atoms with Crippen LogP contribution in [0.15, 0.2) is 12.2 Å². The average molecular weight is 708 g/mol. The van der Waals surface area contributed by atoms with Gasteiger partial charge in [0.1, 0.15) is 0 Å². The van der Waals surface area contributed by atoms with Crippen LogP contribution in [0.4, 0.5) is 0 Å². The Hall–Kier alpha value is -0.910. The smallest absolute Gasteiger partial charge is 0.222 e. The fourth-order valence-electron chi connectivity index (χ4n) is 7.11. The summed E-state index contributed by atoms with van der Waals surface area (Å²) in [5, 5.41) is 33.2. The third-order valence-corrected chi connectivity index (χ3v) is 10.6. The zero-order chi connectivity index (χ0) is 36.6. The molecule has 298 valence electrons. The van der Waals surface area contributed by atoms with E-state index in [1.807, 2.05) is 6.08 Å². The van der Waals surface area contributed by atoms with E-state index in [9.17, 15) is 20.1 Å². The van der Waals surface area contributed by atoms with Crippen molar-refractivity contribution in [2.75, 3.05) is 6.61 Å². The molecule has 0 saturated carbocycles. The van der Waals surface area contributed by atoms with Crippen LogP contribution in [0, 0.1) is 0 Å². The van der Waals surface area contributed by atoms with Crippen LogP contribution in [-0.2, 0) is 4.79 Å². The molecular weight excluding hydrogens is 618 g/mol. The van der Waals surface area contributed by atoms with Gasteiger partial charge in [0, 0.05) is 0 Å². The lowest BCUT2D eigenvalue weighted by Gasteiger charge is -2.21. The van der Waals surface area contributed by atoms with E-state index in [0.29, 0.717) is 6.42 Å². The molecule has 0 aliphatic carbocycles. The second kappa shape index (κ2) is 40.9. The van der Waals surface area contributed by atoms with Crippen LogP contribution < -0.4 is 5.32 Å². The van der Waals surface area contributed by atoms with Crippen molar-refractivity contribution in [1.82, 2.24) is 5.32 Å². The summed E-state index contributed by atoms with van der Waals surface area (Å²) in [6, 6.07) is -0.739. The van der Waals surface area contributed by atoms with Crippen molar-refractivity contribution >= 4 is 5.91 Å². The van der Waals surface area contributed by atoms with E-state index in [0.717, 1.165) is 25.7 Å². The van der Waals surface area contributed by atoms with Crippen molar-refractivity contribution in [3.8, 4) is 0 Å². The number of amides is 1. The third-order valence-electron chi connectivity index (χ3n) is 10.6. The highest BCUT2D eigenvalue weighted by molar-refractivity contribution is 5.76. The Balaban J connectivity index is 3.61. The quantitative estimate of drug-likeness (QED) is 0.0376. The minimum atomic E-state index is -0.924. The number of rotatable bonds is 41. The highest BCUT2D eigenvalue weighted by atomic mass is 16.3.